The molecule has 3 heteroatoms. The number of hydrogen-bond donors (Lipinski definition) is 2. The average molecular weight is 234 g/mol. The molecule has 2 rings (SSSR count). The highest BCUT2D eigenvalue weighted by Gasteiger charge is 2.14. The number of rotatable bonds is 5. The molecule has 0 fully saturated rings. The van der Waals surface area contributed by atoms with Crippen molar-refractivity contribution in [3.05, 3.63) is 35.8 Å². The molecule has 0 bridgehead atoms. The second-order valence-corrected chi connectivity index (χ2v) is 4.72. The highest BCUT2D eigenvalue weighted by Crippen LogP contribution is 2.22. The van der Waals surface area contributed by atoms with Gasteiger partial charge in [0.15, 0.2) is 0 Å². The largest absolute Gasteiger partial charge is 0.469 e. The fourth-order valence-corrected chi connectivity index (χ4v) is 2.47. The first-order valence-corrected chi connectivity index (χ1v) is 6.57. The lowest BCUT2D eigenvalue weighted by Crippen LogP contribution is -2.37. The lowest BCUT2D eigenvalue weighted by Gasteiger charge is -2.18. The quantitative estimate of drug-likeness (QED) is 0.468. The van der Waals surface area contributed by atoms with Gasteiger partial charge in [-0.3, -0.25) is 11.3 Å². The Bertz CT molecular complexity index is 343. The molecule has 1 heterocycles. The van der Waals surface area contributed by atoms with Crippen molar-refractivity contribution >= 4 is 0 Å². The lowest BCUT2D eigenvalue weighted by atomic mass is 9.98. The molecule has 3 nitrogen and oxygen atoms in total. The van der Waals surface area contributed by atoms with Gasteiger partial charge in [-0.1, -0.05) is 18.1 Å². The summed E-state index contributed by atoms with van der Waals surface area (Å²) >= 11 is 0. The van der Waals surface area contributed by atoms with Gasteiger partial charge in [0.2, 0.25) is 0 Å². The van der Waals surface area contributed by atoms with Crippen molar-refractivity contribution in [2.75, 3.05) is 0 Å². The van der Waals surface area contributed by atoms with Crippen LogP contribution >= 0.6 is 0 Å². The van der Waals surface area contributed by atoms with Crippen LogP contribution in [-0.2, 0) is 6.42 Å². The number of nitrogens with two attached hydrogens (primary N) is 1. The first kappa shape index (κ1) is 12.4. The maximum Gasteiger partial charge on any atom is 0.103 e. The van der Waals surface area contributed by atoms with Crippen LogP contribution in [0.25, 0.3) is 0 Å². The third-order valence-electron chi connectivity index (χ3n) is 3.48. The van der Waals surface area contributed by atoms with Gasteiger partial charge in [0.05, 0.1) is 6.26 Å². The van der Waals surface area contributed by atoms with Crippen LogP contribution in [0.2, 0.25) is 0 Å². The number of hydrogen-bond acceptors (Lipinski definition) is 3. The fraction of sp³-hybridized carbons (Fsp3) is 0.571. The van der Waals surface area contributed by atoms with E-state index < -0.39 is 0 Å². The van der Waals surface area contributed by atoms with Crippen LogP contribution in [0.3, 0.4) is 0 Å². The molecule has 17 heavy (non-hydrogen) atoms. The molecule has 0 spiro atoms. The average Bonchev–Trinajstić information content (AvgIpc) is 2.72. The standard InChI is InChI=1S/C14H22N2O/c15-16-14(10-9-13-8-5-11-17-13)12-6-3-1-2-4-7-12/h5-6,8,11,14,16H,1-4,7,9-10,15H2. The number of hydrazine groups is 1. The van der Waals surface area contributed by atoms with E-state index in [0.29, 0.717) is 6.04 Å². The van der Waals surface area contributed by atoms with Crippen LogP contribution < -0.4 is 11.3 Å². The molecule has 0 radical (unpaired) electrons. The monoisotopic (exact) mass is 234 g/mol. The maximum absolute atomic E-state index is 5.67. The van der Waals surface area contributed by atoms with Crippen LogP contribution in [-0.4, -0.2) is 6.04 Å². The van der Waals surface area contributed by atoms with E-state index in [9.17, 15) is 0 Å². The minimum Gasteiger partial charge on any atom is -0.469 e. The van der Waals surface area contributed by atoms with Gasteiger partial charge in [0.25, 0.3) is 0 Å². The van der Waals surface area contributed by atoms with Crippen LogP contribution in [0.1, 0.15) is 44.3 Å². The summed E-state index contributed by atoms with van der Waals surface area (Å²) in [7, 11) is 0. The van der Waals surface area contributed by atoms with Gasteiger partial charge < -0.3 is 4.42 Å². The van der Waals surface area contributed by atoms with Crippen LogP contribution in [0.4, 0.5) is 0 Å². The molecule has 1 aliphatic carbocycles. The summed E-state index contributed by atoms with van der Waals surface area (Å²) in [4.78, 5) is 0. The summed E-state index contributed by atoms with van der Waals surface area (Å²) in [5, 5.41) is 0. The molecule has 0 saturated heterocycles. The zero-order chi connectivity index (χ0) is 11.9. The van der Waals surface area contributed by atoms with E-state index in [4.69, 9.17) is 10.3 Å². The highest BCUT2D eigenvalue weighted by atomic mass is 16.3. The predicted molar refractivity (Wildman–Crippen MR) is 69.3 cm³/mol. The third kappa shape index (κ3) is 3.72. The van der Waals surface area contributed by atoms with E-state index in [2.05, 4.69) is 11.5 Å². The molecule has 3 N–H and O–H groups in total. The van der Waals surface area contributed by atoms with Crippen molar-refractivity contribution in [1.29, 1.82) is 0 Å². The van der Waals surface area contributed by atoms with Gasteiger partial charge in [0.1, 0.15) is 5.76 Å². The highest BCUT2D eigenvalue weighted by molar-refractivity contribution is 5.12. The summed E-state index contributed by atoms with van der Waals surface area (Å²) in [6.07, 6.45) is 12.4. The van der Waals surface area contributed by atoms with Crippen molar-refractivity contribution in [3.8, 4) is 0 Å². The SMILES string of the molecule is NNC(CCc1ccco1)C1=CCCCCC1. The Morgan fingerprint density at radius 1 is 1.35 bits per heavy atom. The number of nitrogens with one attached hydrogen (secondary N) is 1. The van der Waals surface area contributed by atoms with Crippen LogP contribution in [0, 0.1) is 0 Å². The zero-order valence-electron chi connectivity index (χ0n) is 10.3. The molecule has 1 aromatic rings. The van der Waals surface area contributed by atoms with Gasteiger partial charge in [0, 0.05) is 12.5 Å². The van der Waals surface area contributed by atoms with Crippen LogP contribution in [0.5, 0.6) is 0 Å². The molecule has 1 aromatic heterocycles. The summed E-state index contributed by atoms with van der Waals surface area (Å²) in [6, 6.07) is 4.26. The smallest absolute Gasteiger partial charge is 0.103 e. The van der Waals surface area contributed by atoms with Gasteiger partial charge in [-0.05, 0) is 44.2 Å². The number of furan rings is 1. The number of allylic oxidation sites excluding steroid dienone is 1. The van der Waals surface area contributed by atoms with Gasteiger partial charge in [-0.15, -0.1) is 0 Å². The summed E-state index contributed by atoms with van der Waals surface area (Å²) < 4.78 is 5.35. The van der Waals surface area contributed by atoms with E-state index in [1.807, 2.05) is 12.1 Å². The Labute approximate surface area is 103 Å². The molecule has 0 saturated carbocycles. The van der Waals surface area contributed by atoms with Gasteiger partial charge in [-0.25, -0.2) is 0 Å². The van der Waals surface area contributed by atoms with E-state index >= 15 is 0 Å². The zero-order valence-corrected chi connectivity index (χ0v) is 10.3. The van der Waals surface area contributed by atoms with Crippen molar-refractivity contribution < 1.29 is 4.42 Å². The topological polar surface area (TPSA) is 51.2 Å². The lowest BCUT2D eigenvalue weighted by molar-refractivity contribution is 0.468. The molecule has 0 aliphatic heterocycles. The van der Waals surface area contributed by atoms with Crippen molar-refractivity contribution in [3.63, 3.8) is 0 Å². The maximum atomic E-state index is 5.67. The molecular formula is C14H22N2O. The fourth-order valence-electron chi connectivity index (χ4n) is 2.47. The van der Waals surface area contributed by atoms with Crippen molar-refractivity contribution in [2.45, 2.75) is 51.0 Å². The van der Waals surface area contributed by atoms with Crippen molar-refractivity contribution in [2.24, 2.45) is 5.84 Å². The molecule has 94 valence electrons. The summed E-state index contributed by atoms with van der Waals surface area (Å²) in [5.41, 5.74) is 4.43. The summed E-state index contributed by atoms with van der Waals surface area (Å²) in [5.74, 6) is 6.71. The Morgan fingerprint density at radius 3 is 3.06 bits per heavy atom. The molecular weight excluding hydrogens is 212 g/mol. The molecule has 1 atom stereocenters. The number of aryl methyl sites for hydroxylation is 1. The Kier molecular flexibility index (Phi) is 4.83. The van der Waals surface area contributed by atoms with Gasteiger partial charge in [-0.2, -0.15) is 0 Å². The van der Waals surface area contributed by atoms with Gasteiger partial charge >= 0.3 is 0 Å². The molecule has 0 amide bonds. The second-order valence-electron chi connectivity index (χ2n) is 4.72. The molecule has 0 aromatic carbocycles. The van der Waals surface area contributed by atoms with E-state index in [1.165, 1.54) is 37.7 Å². The van der Waals surface area contributed by atoms with Crippen molar-refractivity contribution in [1.82, 2.24) is 5.43 Å². The Hall–Kier alpha value is -1.06. The first-order chi connectivity index (χ1) is 8.40. The Balaban J connectivity index is 1.89. The van der Waals surface area contributed by atoms with E-state index in [0.717, 1.165) is 18.6 Å². The first-order valence-electron chi connectivity index (χ1n) is 6.57. The van der Waals surface area contributed by atoms with E-state index in [1.54, 1.807) is 6.26 Å². The Morgan fingerprint density at radius 2 is 2.29 bits per heavy atom. The molecule has 1 unspecified atom stereocenters. The third-order valence-corrected chi connectivity index (χ3v) is 3.48. The van der Waals surface area contributed by atoms with Crippen LogP contribution in [0.15, 0.2) is 34.5 Å². The minimum atomic E-state index is 0.304. The normalized spacial score (nSPS) is 18.5. The predicted octanol–water partition coefficient (Wildman–Crippen LogP) is 2.93. The second kappa shape index (κ2) is 6.62. The molecule has 1 aliphatic rings. The minimum absolute atomic E-state index is 0.304. The summed E-state index contributed by atoms with van der Waals surface area (Å²) in [6.45, 7) is 0. The van der Waals surface area contributed by atoms with E-state index in [-0.39, 0.29) is 0 Å².